The van der Waals surface area contributed by atoms with E-state index in [1.807, 2.05) is 54.1 Å². The molecule has 2 aliphatic carbocycles. The number of aromatic nitrogens is 7. The monoisotopic (exact) mass is 755 g/mol. The van der Waals surface area contributed by atoms with Crippen LogP contribution in [0.3, 0.4) is 0 Å². The molecule has 3 amide bonds. The molecule has 1 atom stereocenters. The van der Waals surface area contributed by atoms with E-state index in [0.717, 1.165) is 110 Å². The molecule has 4 aromatic heterocycles. The Morgan fingerprint density at radius 1 is 0.946 bits per heavy atom. The number of fused-ring (bicyclic) bond motifs is 3. The maximum absolute atomic E-state index is 13.6. The quantitative estimate of drug-likeness (QED) is 0.204. The molecule has 0 radical (unpaired) electrons. The summed E-state index contributed by atoms with van der Waals surface area (Å²) in [6.45, 7) is 6.86. The molecule has 2 aromatic carbocycles. The van der Waals surface area contributed by atoms with Crippen molar-refractivity contribution < 1.29 is 19.1 Å². The van der Waals surface area contributed by atoms with E-state index in [4.69, 9.17) is 14.9 Å². The molecule has 1 unspecified atom stereocenters. The Morgan fingerprint density at radius 3 is 2.59 bits per heavy atom. The van der Waals surface area contributed by atoms with E-state index in [-0.39, 0.29) is 29.9 Å². The van der Waals surface area contributed by atoms with E-state index >= 15 is 0 Å². The number of amides is 3. The summed E-state index contributed by atoms with van der Waals surface area (Å²) >= 11 is 0. The van der Waals surface area contributed by atoms with Crippen LogP contribution in [0.4, 0.5) is 5.69 Å². The highest BCUT2D eigenvalue weighted by Crippen LogP contribution is 2.36. The Kier molecular flexibility index (Phi) is 8.68. The summed E-state index contributed by atoms with van der Waals surface area (Å²) in [6, 6.07) is 15.3. The van der Waals surface area contributed by atoms with Crippen molar-refractivity contribution in [2.75, 3.05) is 37.6 Å². The fourth-order valence-electron chi connectivity index (χ4n) is 8.84. The van der Waals surface area contributed by atoms with Crippen molar-refractivity contribution in [3.63, 3.8) is 0 Å². The maximum atomic E-state index is 13.6. The summed E-state index contributed by atoms with van der Waals surface area (Å²) in [6.07, 6.45) is 10.5. The number of aryl methyl sites for hydroxylation is 1. The van der Waals surface area contributed by atoms with E-state index in [2.05, 4.69) is 36.6 Å². The summed E-state index contributed by atoms with van der Waals surface area (Å²) in [4.78, 5) is 47.6. The van der Waals surface area contributed by atoms with Gasteiger partial charge in [-0.15, -0.1) is 0 Å². The summed E-state index contributed by atoms with van der Waals surface area (Å²) in [5.74, 6) is 1.32. The average molecular weight is 756 g/mol. The lowest BCUT2D eigenvalue weighted by Gasteiger charge is -2.39. The van der Waals surface area contributed by atoms with Gasteiger partial charge in [0.2, 0.25) is 11.8 Å². The van der Waals surface area contributed by atoms with Crippen LogP contribution in [0.25, 0.3) is 33.3 Å². The Morgan fingerprint density at radius 2 is 1.79 bits per heavy atom. The molecule has 6 aromatic rings. The molecule has 0 bridgehead atoms. The first-order chi connectivity index (χ1) is 27.4. The fraction of sp³-hybridized carbons (Fsp3) is 0.439. The second-order valence-corrected chi connectivity index (χ2v) is 15.8. The Balaban J connectivity index is 0.751. The minimum absolute atomic E-state index is 0.0685. The standard InChI is InChI=1S/C41H45N11O4/c1-25-38-32(4-2-5-33(38)50(46-25)34-15-16-36(53)45-40(34)55)49-20-18-48(19-21-49)24-26-7-10-28(11-8-26)44-39(54)27-9-14-31-30(22-27)41(56-29-12-13-29)52(47-31)37-23-42-35-6-3-17-43-51(35)37/h2-6,9,14,17,22-23,26,28-29,34H,7-8,10-13,15-16,18-21,24H2,1H3,(H,44,54)(H,45,53,55). The van der Waals surface area contributed by atoms with Crippen LogP contribution < -0.4 is 20.3 Å². The number of nitrogens with one attached hydrogen (secondary N) is 2. The third-order valence-corrected chi connectivity index (χ3v) is 12.0. The van der Waals surface area contributed by atoms with E-state index in [1.54, 1.807) is 21.6 Å². The van der Waals surface area contributed by atoms with Gasteiger partial charge in [-0.2, -0.15) is 24.5 Å². The van der Waals surface area contributed by atoms with Gasteiger partial charge in [-0.1, -0.05) is 6.07 Å². The van der Waals surface area contributed by atoms with Crippen LogP contribution >= 0.6 is 0 Å². The molecular weight excluding hydrogens is 711 g/mol. The molecule has 288 valence electrons. The number of carbonyl (C=O) groups is 3. The molecule has 2 saturated carbocycles. The van der Waals surface area contributed by atoms with E-state index in [0.29, 0.717) is 36.0 Å². The zero-order valence-electron chi connectivity index (χ0n) is 31.4. The van der Waals surface area contributed by atoms with Crippen molar-refractivity contribution in [3.05, 3.63) is 72.2 Å². The van der Waals surface area contributed by atoms with Crippen molar-refractivity contribution in [1.29, 1.82) is 0 Å². The molecule has 15 heteroatoms. The number of piperazine rings is 1. The fourth-order valence-corrected chi connectivity index (χ4v) is 8.84. The highest BCUT2D eigenvalue weighted by atomic mass is 16.5. The number of imide groups is 1. The topological polar surface area (TPSA) is 157 Å². The smallest absolute Gasteiger partial charge is 0.251 e. The van der Waals surface area contributed by atoms with Gasteiger partial charge in [-0.25, -0.2) is 4.98 Å². The van der Waals surface area contributed by atoms with Gasteiger partial charge < -0.3 is 15.0 Å². The summed E-state index contributed by atoms with van der Waals surface area (Å²) < 4.78 is 11.7. The Labute approximate surface area is 323 Å². The number of imidazole rings is 1. The molecule has 2 N–H and O–H groups in total. The van der Waals surface area contributed by atoms with Gasteiger partial charge in [0.05, 0.1) is 28.3 Å². The first-order valence-electron chi connectivity index (χ1n) is 19.9. The third kappa shape index (κ3) is 6.42. The largest absolute Gasteiger partial charge is 0.474 e. The number of ether oxygens (including phenoxy) is 1. The first kappa shape index (κ1) is 34.6. The van der Waals surface area contributed by atoms with Crippen LogP contribution in [0.2, 0.25) is 0 Å². The number of benzene rings is 2. The number of carbonyl (C=O) groups excluding carboxylic acids is 3. The minimum Gasteiger partial charge on any atom is -0.474 e. The third-order valence-electron chi connectivity index (χ3n) is 12.0. The molecule has 2 saturated heterocycles. The molecule has 2 aliphatic heterocycles. The van der Waals surface area contributed by atoms with Gasteiger partial charge in [0, 0.05) is 68.0 Å². The van der Waals surface area contributed by atoms with E-state index in [9.17, 15) is 14.4 Å². The lowest BCUT2D eigenvalue weighted by atomic mass is 9.85. The van der Waals surface area contributed by atoms with E-state index in [1.165, 1.54) is 0 Å². The van der Waals surface area contributed by atoms with Crippen molar-refractivity contribution in [1.82, 2.24) is 49.7 Å². The molecular formula is C41H45N11O4. The Hall–Kier alpha value is -5.83. The lowest BCUT2D eigenvalue weighted by Crippen LogP contribution is -2.48. The number of hydrogen-bond donors (Lipinski definition) is 2. The van der Waals surface area contributed by atoms with Crippen LogP contribution in [0.1, 0.15) is 73.5 Å². The average Bonchev–Trinajstić information content (AvgIpc) is 3.68. The number of piperidine rings is 1. The van der Waals surface area contributed by atoms with Crippen LogP contribution in [-0.2, 0) is 9.59 Å². The molecule has 15 nitrogen and oxygen atoms in total. The van der Waals surface area contributed by atoms with Gasteiger partial charge in [0.25, 0.3) is 11.8 Å². The minimum atomic E-state index is -0.478. The molecule has 0 spiro atoms. The highest BCUT2D eigenvalue weighted by Gasteiger charge is 2.33. The number of rotatable bonds is 9. The number of hydrogen-bond acceptors (Lipinski definition) is 10. The maximum Gasteiger partial charge on any atom is 0.251 e. The second-order valence-electron chi connectivity index (χ2n) is 15.8. The first-order valence-corrected chi connectivity index (χ1v) is 19.9. The van der Waals surface area contributed by atoms with Gasteiger partial charge in [-0.3, -0.25) is 29.3 Å². The van der Waals surface area contributed by atoms with Gasteiger partial charge in [0.1, 0.15) is 12.1 Å². The predicted octanol–water partition coefficient (Wildman–Crippen LogP) is 4.36. The van der Waals surface area contributed by atoms with Crippen molar-refractivity contribution >= 4 is 50.9 Å². The Bertz CT molecular complexity index is 2480. The zero-order valence-corrected chi connectivity index (χ0v) is 31.4. The van der Waals surface area contributed by atoms with Crippen LogP contribution in [0.5, 0.6) is 5.88 Å². The predicted molar refractivity (Wildman–Crippen MR) is 209 cm³/mol. The normalized spacial score (nSPS) is 22.2. The van der Waals surface area contributed by atoms with Crippen LogP contribution in [-0.4, -0.2) is 102 Å². The van der Waals surface area contributed by atoms with Crippen molar-refractivity contribution in [2.24, 2.45) is 5.92 Å². The molecule has 56 heavy (non-hydrogen) atoms. The molecule has 4 fully saturated rings. The lowest BCUT2D eigenvalue weighted by molar-refractivity contribution is -0.135. The van der Waals surface area contributed by atoms with Gasteiger partial charge in [0.15, 0.2) is 11.5 Å². The molecule has 6 heterocycles. The molecule has 10 rings (SSSR count). The highest BCUT2D eigenvalue weighted by molar-refractivity contribution is 6.01. The SMILES string of the molecule is Cc1nn(C2CCC(=O)NC2=O)c2cccc(N3CCN(CC4CCC(NC(=O)c5ccc6nn(-c7cnc8cccnn78)c(OC7CC7)c6c5)CC4)CC3)c12. The van der Waals surface area contributed by atoms with Crippen molar-refractivity contribution in [3.8, 4) is 11.7 Å². The summed E-state index contributed by atoms with van der Waals surface area (Å²) in [5.41, 5.74) is 5.05. The summed E-state index contributed by atoms with van der Waals surface area (Å²) in [7, 11) is 0. The molecule has 4 aliphatic rings. The van der Waals surface area contributed by atoms with Crippen LogP contribution in [0.15, 0.2) is 60.9 Å². The zero-order chi connectivity index (χ0) is 37.9. The second kappa shape index (κ2) is 14.0. The van der Waals surface area contributed by atoms with Gasteiger partial charge in [-0.05, 0) is 100 Å². The van der Waals surface area contributed by atoms with Crippen molar-refractivity contribution in [2.45, 2.75) is 76.5 Å². The van der Waals surface area contributed by atoms with E-state index < -0.39 is 6.04 Å². The van der Waals surface area contributed by atoms with Crippen LogP contribution in [0, 0.1) is 12.8 Å². The summed E-state index contributed by atoms with van der Waals surface area (Å²) in [5, 5.41) is 21.8. The number of nitrogens with zero attached hydrogens (tertiary/aromatic N) is 9. The van der Waals surface area contributed by atoms with Gasteiger partial charge >= 0.3 is 0 Å². The number of anilines is 1.